The maximum atomic E-state index is 12.2. The molecule has 0 saturated heterocycles. The van der Waals surface area contributed by atoms with Crippen LogP contribution in [0.15, 0.2) is 66.9 Å². The molecule has 0 aliphatic carbocycles. The lowest BCUT2D eigenvalue weighted by molar-refractivity contribution is 0.0508. The molecule has 6 heteroatoms. The van der Waals surface area contributed by atoms with Crippen molar-refractivity contribution in [3.8, 4) is 22.8 Å². The van der Waals surface area contributed by atoms with Crippen molar-refractivity contribution < 1.29 is 19.0 Å². The summed E-state index contributed by atoms with van der Waals surface area (Å²) in [7, 11) is 1.59. The average molecular weight is 435 g/mol. The third-order valence-electron chi connectivity index (χ3n) is 4.73. The van der Waals surface area contributed by atoms with Gasteiger partial charge in [-0.3, -0.25) is 0 Å². The number of alkyl carbamates (subject to hydrolysis) is 1. The molecule has 0 spiro atoms. The second-order valence-electron chi connectivity index (χ2n) is 8.46. The van der Waals surface area contributed by atoms with Gasteiger partial charge in [0.25, 0.3) is 0 Å². The predicted octanol–water partition coefficient (Wildman–Crippen LogP) is 5.92. The number of pyridine rings is 1. The Hall–Kier alpha value is -3.54. The summed E-state index contributed by atoms with van der Waals surface area (Å²) in [5, 5.41) is 2.88. The molecule has 6 nitrogen and oxygen atoms in total. The fourth-order valence-corrected chi connectivity index (χ4v) is 3.21. The summed E-state index contributed by atoms with van der Waals surface area (Å²) < 4.78 is 17.1. The Bertz CT molecular complexity index is 1050. The molecule has 3 aromatic rings. The van der Waals surface area contributed by atoms with Crippen molar-refractivity contribution >= 4 is 6.09 Å². The van der Waals surface area contributed by atoms with Gasteiger partial charge in [0.2, 0.25) is 5.88 Å². The van der Waals surface area contributed by atoms with Crippen molar-refractivity contribution in [2.45, 2.75) is 45.9 Å². The molecule has 1 unspecified atom stereocenters. The molecular weight excluding hydrogens is 404 g/mol. The molecule has 1 amide bonds. The number of rotatable bonds is 7. The number of ether oxygens (including phenoxy) is 3. The SMILES string of the molecule is COc1ncccc1-c1ccc(C(C)NC(=O)OC(C)(C)C)cc1OCc1ccccc1. The summed E-state index contributed by atoms with van der Waals surface area (Å²) in [4.78, 5) is 16.5. The van der Waals surface area contributed by atoms with Crippen molar-refractivity contribution in [2.24, 2.45) is 0 Å². The van der Waals surface area contributed by atoms with Crippen LogP contribution in [0.3, 0.4) is 0 Å². The molecule has 0 aliphatic heterocycles. The van der Waals surface area contributed by atoms with E-state index in [1.54, 1.807) is 13.3 Å². The molecule has 1 heterocycles. The van der Waals surface area contributed by atoms with Gasteiger partial charge in [-0.2, -0.15) is 0 Å². The second-order valence-corrected chi connectivity index (χ2v) is 8.46. The Morgan fingerprint density at radius 1 is 1.03 bits per heavy atom. The maximum Gasteiger partial charge on any atom is 0.408 e. The number of aromatic nitrogens is 1. The van der Waals surface area contributed by atoms with Crippen LogP contribution in [0.25, 0.3) is 11.1 Å². The van der Waals surface area contributed by atoms with E-state index in [9.17, 15) is 4.79 Å². The van der Waals surface area contributed by atoms with Crippen molar-refractivity contribution in [2.75, 3.05) is 7.11 Å². The quantitative estimate of drug-likeness (QED) is 0.500. The van der Waals surface area contributed by atoms with Crippen LogP contribution in [0.1, 0.15) is 44.9 Å². The molecule has 0 radical (unpaired) electrons. The first-order chi connectivity index (χ1) is 15.3. The van der Waals surface area contributed by atoms with Gasteiger partial charge in [0.15, 0.2) is 0 Å². The minimum Gasteiger partial charge on any atom is -0.488 e. The van der Waals surface area contributed by atoms with E-state index >= 15 is 0 Å². The second kappa shape index (κ2) is 10.2. The van der Waals surface area contributed by atoms with Gasteiger partial charge in [-0.05, 0) is 57.0 Å². The van der Waals surface area contributed by atoms with Crippen LogP contribution < -0.4 is 14.8 Å². The first kappa shape index (κ1) is 23.1. The molecule has 2 aromatic carbocycles. The molecule has 0 aliphatic rings. The zero-order valence-corrected chi connectivity index (χ0v) is 19.2. The van der Waals surface area contributed by atoms with Crippen LogP contribution in [0.5, 0.6) is 11.6 Å². The number of methoxy groups -OCH3 is 1. The van der Waals surface area contributed by atoms with Gasteiger partial charge in [-0.25, -0.2) is 9.78 Å². The molecule has 0 saturated carbocycles. The molecule has 0 fully saturated rings. The average Bonchev–Trinajstić information content (AvgIpc) is 2.76. The largest absolute Gasteiger partial charge is 0.488 e. The summed E-state index contributed by atoms with van der Waals surface area (Å²) in [5.74, 6) is 1.19. The number of hydrogen-bond donors (Lipinski definition) is 1. The Labute approximate surface area is 189 Å². The van der Waals surface area contributed by atoms with Crippen LogP contribution >= 0.6 is 0 Å². The lowest BCUT2D eigenvalue weighted by atomic mass is 10.0. The fraction of sp³-hybridized carbons (Fsp3) is 0.308. The van der Waals surface area contributed by atoms with Crippen molar-refractivity contribution in [1.82, 2.24) is 10.3 Å². The first-order valence-electron chi connectivity index (χ1n) is 10.6. The highest BCUT2D eigenvalue weighted by molar-refractivity contribution is 5.75. The van der Waals surface area contributed by atoms with Crippen molar-refractivity contribution in [1.29, 1.82) is 0 Å². The number of benzene rings is 2. The molecule has 32 heavy (non-hydrogen) atoms. The third-order valence-corrected chi connectivity index (χ3v) is 4.73. The van der Waals surface area contributed by atoms with Gasteiger partial charge >= 0.3 is 6.09 Å². The highest BCUT2D eigenvalue weighted by atomic mass is 16.6. The van der Waals surface area contributed by atoms with Gasteiger partial charge in [0.05, 0.1) is 13.2 Å². The van der Waals surface area contributed by atoms with E-state index in [0.717, 1.165) is 22.3 Å². The van der Waals surface area contributed by atoms with Crippen LogP contribution in [0.2, 0.25) is 0 Å². The van der Waals surface area contributed by atoms with Crippen molar-refractivity contribution in [3.63, 3.8) is 0 Å². The summed E-state index contributed by atoms with van der Waals surface area (Å²) in [6.45, 7) is 7.83. The van der Waals surface area contributed by atoms with Crippen LogP contribution in [-0.2, 0) is 11.3 Å². The summed E-state index contributed by atoms with van der Waals surface area (Å²) in [6, 6.07) is 19.3. The molecule has 1 atom stereocenters. The minimum absolute atomic E-state index is 0.270. The van der Waals surface area contributed by atoms with E-state index in [4.69, 9.17) is 14.2 Å². The number of nitrogens with zero attached hydrogens (tertiary/aromatic N) is 1. The van der Waals surface area contributed by atoms with E-state index in [1.807, 2.05) is 88.4 Å². The maximum absolute atomic E-state index is 12.2. The lowest BCUT2D eigenvalue weighted by Gasteiger charge is -2.23. The van der Waals surface area contributed by atoms with Gasteiger partial charge in [0.1, 0.15) is 18.0 Å². The Morgan fingerprint density at radius 3 is 2.47 bits per heavy atom. The van der Waals surface area contributed by atoms with E-state index in [1.165, 1.54) is 0 Å². The number of hydrogen-bond acceptors (Lipinski definition) is 5. The van der Waals surface area contributed by atoms with Gasteiger partial charge in [0, 0.05) is 17.3 Å². The summed E-state index contributed by atoms with van der Waals surface area (Å²) in [5.41, 5.74) is 3.08. The van der Waals surface area contributed by atoms with Gasteiger partial charge in [-0.15, -0.1) is 0 Å². The smallest absolute Gasteiger partial charge is 0.408 e. The molecule has 0 bridgehead atoms. The Morgan fingerprint density at radius 2 is 1.78 bits per heavy atom. The molecule has 1 N–H and O–H groups in total. The van der Waals surface area contributed by atoms with Gasteiger partial charge < -0.3 is 19.5 Å². The third kappa shape index (κ3) is 6.23. The highest BCUT2D eigenvalue weighted by Gasteiger charge is 2.20. The number of amides is 1. The zero-order chi connectivity index (χ0) is 23.1. The summed E-state index contributed by atoms with van der Waals surface area (Å²) in [6.07, 6.45) is 1.23. The lowest BCUT2D eigenvalue weighted by Crippen LogP contribution is -2.34. The Balaban J connectivity index is 1.91. The van der Waals surface area contributed by atoms with E-state index in [0.29, 0.717) is 18.2 Å². The van der Waals surface area contributed by atoms with E-state index < -0.39 is 11.7 Å². The van der Waals surface area contributed by atoms with Crippen molar-refractivity contribution in [3.05, 3.63) is 78.0 Å². The highest BCUT2D eigenvalue weighted by Crippen LogP contribution is 2.37. The normalized spacial score (nSPS) is 12.0. The molecule has 3 rings (SSSR count). The minimum atomic E-state index is -0.561. The van der Waals surface area contributed by atoms with Gasteiger partial charge in [-0.1, -0.05) is 42.5 Å². The molecule has 168 valence electrons. The number of nitrogens with one attached hydrogen (secondary N) is 1. The zero-order valence-electron chi connectivity index (χ0n) is 19.2. The Kier molecular flexibility index (Phi) is 7.36. The predicted molar refractivity (Wildman–Crippen MR) is 125 cm³/mol. The monoisotopic (exact) mass is 434 g/mol. The topological polar surface area (TPSA) is 69.7 Å². The number of carbonyl (C=O) groups is 1. The molecular formula is C26H30N2O4. The van der Waals surface area contributed by atoms with E-state index in [-0.39, 0.29) is 6.04 Å². The molecule has 1 aromatic heterocycles. The summed E-state index contributed by atoms with van der Waals surface area (Å²) >= 11 is 0. The van der Waals surface area contributed by atoms with Crippen LogP contribution in [0, 0.1) is 0 Å². The van der Waals surface area contributed by atoms with Crippen LogP contribution in [-0.4, -0.2) is 23.8 Å². The fourth-order valence-electron chi connectivity index (χ4n) is 3.21. The standard InChI is InChI=1S/C26H30N2O4/c1-18(28-25(29)32-26(2,3)4)20-13-14-21(22-12-9-15-27-24(22)30-5)23(16-20)31-17-19-10-7-6-8-11-19/h6-16,18H,17H2,1-5H3,(H,28,29). The van der Waals surface area contributed by atoms with E-state index in [2.05, 4.69) is 10.3 Å². The van der Waals surface area contributed by atoms with Crippen LogP contribution in [0.4, 0.5) is 4.79 Å². The number of carbonyl (C=O) groups excluding carboxylic acids is 1. The first-order valence-corrected chi connectivity index (χ1v) is 10.6.